The number of amides is 1. The quantitative estimate of drug-likeness (QED) is 0.357. The molecule has 0 spiro atoms. The summed E-state index contributed by atoms with van der Waals surface area (Å²) in [4.78, 5) is 22.5. The first-order valence-corrected chi connectivity index (χ1v) is 8.57. The third-order valence-electron chi connectivity index (χ3n) is 3.83. The molecule has 2 N–H and O–H groups in total. The predicted molar refractivity (Wildman–Crippen MR) is 106 cm³/mol. The van der Waals surface area contributed by atoms with Gasteiger partial charge in [0.1, 0.15) is 18.1 Å². The molecule has 0 saturated heterocycles. The maximum Gasteiger partial charge on any atom is 0.270 e. The lowest BCUT2D eigenvalue weighted by atomic mass is 10.1. The van der Waals surface area contributed by atoms with Crippen molar-refractivity contribution in [1.29, 1.82) is 0 Å². The summed E-state index contributed by atoms with van der Waals surface area (Å²) in [6, 6.07) is 14.3. The highest BCUT2D eigenvalue weighted by atomic mass is 35.5. The number of carbonyl (C=O) groups excluding carboxylic acids is 1. The lowest BCUT2D eigenvalue weighted by molar-refractivity contribution is -0.384. The monoisotopic (exact) mass is 398 g/mol. The normalized spacial score (nSPS) is 10.9. The summed E-state index contributed by atoms with van der Waals surface area (Å²) in [5, 5.41) is 22.9. The molecule has 8 heteroatoms. The predicted octanol–water partition coefficient (Wildman–Crippen LogP) is 4.65. The van der Waals surface area contributed by atoms with Crippen molar-refractivity contribution in [1.82, 2.24) is 0 Å². The first-order chi connectivity index (χ1) is 13.5. The van der Waals surface area contributed by atoms with Gasteiger partial charge in [0.25, 0.3) is 5.69 Å². The van der Waals surface area contributed by atoms with Crippen molar-refractivity contribution in [2.24, 2.45) is 0 Å². The van der Waals surface area contributed by atoms with Gasteiger partial charge >= 0.3 is 0 Å². The largest absolute Gasteiger partial charge is 0.459 e. The molecule has 2 aromatic carbocycles. The van der Waals surface area contributed by atoms with E-state index in [0.717, 1.165) is 0 Å². The van der Waals surface area contributed by atoms with Crippen LogP contribution in [0.25, 0.3) is 17.4 Å². The standard InChI is InChI=1S/C20H15ClN2O5/c21-17-7-5-14(19-8-6-16(12-24)28-19)11-18(17)22-20(25)9-4-13-2-1-3-15(10-13)23(26)27/h1-11,24H,12H2,(H,22,25)/b9-4+. The number of halogens is 1. The zero-order chi connectivity index (χ0) is 20.1. The summed E-state index contributed by atoms with van der Waals surface area (Å²) >= 11 is 6.15. The van der Waals surface area contributed by atoms with Gasteiger partial charge in [-0.2, -0.15) is 0 Å². The zero-order valence-electron chi connectivity index (χ0n) is 14.5. The van der Waals surface area contributed by atoms with Crippen molar-refractivity contribution in [2.75, 3.05) is 5.32 Å². The van der Waals surface area contributed by atoms with Crippen molar-refractivity contribution in [2.45, 2.75) is 6.61 Å². The van der Waals surface area contributed by atoms with E-state index in [2.05, 4.69) is 5.32 Å². The molecule has 0 saturated carbocycles. The summed E-state index contributed by atoms with van der Waals surface area (Å²) in [6.07, 6.45) is 2.74. The molecule has 0 aliphatic carbocycles. The Bertz CT molecular complexity index is 1060. The van der Waals surface area contributed by atoms with Crippen molar-refractivity contribution >= 4 is 35.0 Å². The van der Waals surface area contributed by atoms with Gasteiger partial charge < -0.3 is 14.8 Å². The number of non-ortho nitro benzene ring substituents is 1. The molecule has 0 aliphatic heterocycles. The van der Waals surface area contributed by atoms with E-state index in [1.54, 1.807) is 42.5 Å². The van der Waals surface area contributed by atoms with Crippen LogP contribution < -0.4 is 5.32 Å². The fraction of sp³-hybridized carbons (Fsp3) is 0.0500. The number of carbonyl (C=O) groups is 1. The van der Waals surface area contributed by atoms with E-state index in [-0.39, 0.29) is 12.3 Å². The summed E-state index contributed by atoms with van der Waals surface area (Å²) < 4.78 is 5.48. The molecule has 0 fully saturated rings. The molecule has 1 aromatic heterocycles. The van der Waals surface area contributed by atoms with E-state index in [9.17, 15) is 14.9 Å². The summed E-state index contributed by atoms with van der Waals surface area (Å²) in [5.74, 6) is 0.514. The number of nitrogens with one attached hydrogen (secondary N) is 1. The third-order valence-corrected chi connectivity index (χ3v) is 4.16. The number of aliphatic hydroxyl groups is 1. The van der Waals surface area contributed by atoms with E-state index in [0.29, 0.717) is 33.4 Å². The molecular formula is C20H15ClN2O5. The molecule has 0 aliphatic rings. The van der Waals surface area contributed by atoms with Gasteiger partial charge in [0.05, 0.1) is 15.6 Å². The number of anilines is 1. The highest BCUT2D eigenvalue weighted by Crippen LogP contribution is 2.30. The van der Waals surface area contributed by atoms with Gasteiger partial charge in [0, 0.05) is 23.8 Å². The van der Waals surface area contributed by atoms with Crippen LogP contribution in [0.15, 0.2) is 65.1 Å². The fourth-order valence-electron chi connectivity index (χ4n) is 2.48. The average Bonchev–Trinajstić information content (AvgIpc) is 3.17. The number of furan rings is 1. The maximum absolute atomic E-state index is 12.2. The molecule has 1 heterocycles. The lowest BCUT2D eigenvalue weighted by Gasteiger charge is -2.07. The summed E-state index contributed by atoms with van der Waals surface area (Å²) in [6.45, 7) is -0.209. The number of hydrogen-bond donors (Lipinski definition) is 2. The maximum atomic E-state index is 12.2. The SMILES string of the molecule is O=C(/C=C/c1cccc([N+](=O)[O-])c1)Nc1cc(-c2ccc(CO)o2)ccc1Cl. The van der Waals surface area contributed by atoms with Gasteiger partial charge in [-0.25, -0.2) is 0 Å². The zero-order valence-corrected chi connectivity index (χ0v) is 15.2. The van der Waals surface area contributed by atoms with Crippen LogP contribution in [0.4, 0.5) is 11.4 Å². The van der Waals surface area contributed by atoms with E-state index < -0.39 is 10.8 Å². The Labute approximate surface area is 165 Å². The van der Waals surface area contributed by atoms with Crippen molar-refractivity contribution in [3.8, 4) is 11.3 Å². The molecule has 142 valence electrons. The molecule has 0 atom stereocenters. The summed E-state index contributed by atoms with van der Waals surface area (Å²) in [5.41, 5.74) is 1.53. The number of nitro benzene ring substituents is 1. The van der Waals surface area contributed by atoms with Crippen LogP contribution >= 0.6 is 11.6 Å². The summed E-state index contributed by atoms with van der Waals surface area (Å²) in [7, 11) is 0. The van der Waals surface area contributed by atoms with Crippen LogP contribution in [0, 0.1) is 10.1 Å². The lowest BCUT2D eigenvalue weighted by Crippen LogP contribution is -2.08. The second kappa shape index (κ2) is 8.51. The Kier molecular flexibility index (Phi) is 5.88. The number of aliphatic hydroxyl groups excluding tert-OH is 1. The van der Waals surface area contributed by atoms with E-state index in [1.165, 1.54) is 24.3 Å². The third kappa shape index (κ3) is 4.64. The molecule has 0 unspecified atom stereocenters. The van der Waals surface area contributed by atoms with Crippen LogP contribution in [0.3, 0.4) is 0 Å². The van der Waals surface area contributed by atoms with Gasteiger partial charge in [-0.3, -0.25) is 14.9 Å². The van der Waals surface area contributed by atoms with Crippen LogP contribution in [0.1, 0.15) is 11.3 Å². The molecule has 0 radical (unpaired) electrons. The molecule has 1 amide bonds. The van der Waals surface area contributed by atoms with Crippen LogP contribution in [-0.4, -0.2) is 15.9 Å². The highest BCUT2D eigenvalue weighted by molar-refractivity contribution is 6.34. The van der Waals surface area contributed by atoms with E-state index in [1.807, 2.05) is 0 Å². The van der Waals surface area contributed by atoms with Gasteiger partial charge in [-0.15, -0.1) is 0 Å². The van der Waals surface area contributed by atoms with Gasteiger partial charge in [0.15, 0.2) is 0 Å². The van der Waals surface area contributed by atoms with E-state index >= 15 is 0 Å². The number of nitro groups is 1. The molecule has 7 nitrogen and oxygen atoms in total. The number of rotatable bonds is 6. The van der Waals surface area contributed by atoms with Crippen LogP contribution in [-0.2, 0) is 11.4 Å². The van der Waals surface area contributed by atoms with Gasteiger partial charge in [0.2, 0.25) is 5.91 Å². The molecule has 3 rings (SSSR count). The van der Waals surface area contributed by atoms with Crippen molar-refractivity contribution in [3.63, 3.8) is 0 Å². The van der Waals surface area contributed by atoms with E-state index in [4.69, 9.17) is 21.1 Å². The topological polar surface area (TPSA) is 106 Å². The minimum Gasteiger partial charge on any atom is -0.459 e. The number of hydrogen-bond acceptors (Lipinski definition) is 5. The minimum atomic E-state index is -0.500. The average molecular weight is 399 g/mol. The van der Waals surface area contributed by atoms with Gasteiger partial charge in [-0.05, 0) is 42.0 Å². The Hall–Kier alpha value is -3.42. The number of benzene rings is 2. The highest BCUT2D eigenvalue weighted by Gasteiger charge is 2.10. The minimum absolute atomic E-state index is 0.0565. The second-order valence-corrected chi connectivity index (χ2v) is 6.20. The molecular weight excluding hydrogens is 384 g/mol. The first kappa shape index (κ1) is 19.3. The fourth-order valence-corrected chi connectivity index (χ4v) is 2.65. The van der Waals surface area contributed by atoms with Crippen LogP contribution in [0.2, 0.25) is 5.02 Å². The smallest absolute Gasteiger partial charge is 0.270 e. The van der Waals surface area contributed by atoms with Crippen molar-refractivity contribution in [3.05, 3.63) is 87.1 Å². The van der Waals surface area contributed by atoms with Crippen LogP contribution in [0.5, 0.6) is 0 Å². The Morgan fingerprint density at radius 3 is 2.75 bits per heavy atom. The Morgan fingerprint density at radius 2 is 2.04 bits per heavy atom. The van der Waals surface area contributed by atoms with Gasteiger partial charge in [-0.1, -0.05) is 23.7 Å². The molecule has 3 aromatic rings. The first-order valence-electron chi connectivity index (χ1n) is 8.19. The van der Waals surface area contributed by atoms with Crippen molar-refractivity contribution < 1.29 is 19.2 Å². The Morgan fingerprint density at radius 1 is 1.21 bits per heavy atom. The molecule has 0 bridgehead atoms. The number of nitrogens with zero attached hydrogens (tertiary/aromatic N) is 1. The molecule has 28 heavy (non-hydrogen) atoms. The Balaban J connectivity index is 1.75. The second-order valence-electron chi connectivity index (χ2n) is 5.79.